The summed E-state index contributed by atoms with van der Waals surface area (Å²) in [4.78, 5) is 14.3. The molecule has 3 aromatic rings. The lowest BCUT2D eigenvalue weighted by molar-refractivity contribution is 0.0713. The second-order valence-corrected chi connectivity index (χ2v) is 7.51. The number of carbonyl (C=O) groups excluding carboxylic acids is 1. The molecule has 1 aliphatic heterocycles. The standard InChI is InChI=1S/C22H20N2O2S/c1-15-5-3-6-17(13-15)22(25)24-20(21-7-4-12-27-21)14-19(23-24)16-8-10-18(26-2)11-9-16/h3-13,20H,14H2,1-2H3/t20-/m1/s1. The third-order valence-corrected chi connectivity index (χ3v) is 5.65. The van der Waals surface area contributed by atoms with Crippen molar-refractivity contribution in [2.24, 2.45) is 5.10 Å². The van der Waals surface area contributed by atoms with E-state index in [0.29, 0.717) is 12.0 Å². The summed E-state index contributed by atoms with van der Waals surface area (Å²) in [5.41, 5.74) is 3.65. The molecule has 2 heterocycles. The number of nitrogens with zero attached hydrogens (tertiary/aromatic N) is 2. The molecule has 0 aliphatic carbocycles. The van der Waals surface area contributed by atoms with Crippen molar-refractivity contribution in [3.8, 4) is 5.75 Å². The molecular formula is C22H20N2O2S. The second kappa shape index (κ2) is 7.37. The first-order valence-corrected chi connectivity index (χ1v) is 9.69. The lowest BCUT2D eigenvalue weighted by atomic mass is 10.0. The fourth-order valence-corrected chi connectivity index (χ4v) is 4.08. The van der Waals surface area contributed by atoms with Crippen LogP contribution in [0.3, 0.4) is 0 Å². The first kappa shape index (κ1) is 17.5. The molecule has 1 atom stereocenters. The summed E-state index contributed by atoms with van der Waals surface area (Å²) in [5.74, 6) is 0.737. The molecule has 0 fully saturated rings. The smallest absolute Gasteiger partial charge is 0.274 e. The van der Waals surface area contributed by atoms with Gasteiger partial charge in [0, 0.05) is 16.9 Å². The molecule has 4 nitrogen and oxygen atoms in total. The van der Waals surface area contributed by atoms with Crippen LogP contribution in [-0.2, 0) is 0 Å². The lowest BCUT2D eigenvalue weighted by Gasteiger charge is -2.20. The Kier molecular flexibility index (Phi) is 4.77. The minimum atomic E-state index is -0.0740. The molecular weight excluding hydrogens is 356 g/mol. The molecule has 4 rings (SSSR count). The Labute approximate surface area is 162 Å². The Hall–Kier alpha value is -2.92. The summed E-state index contributed by atoms with van der Waals surface area (Å²) in [6.07, 6.45) is 0.699. The van der Waals surface area contributed by atoms with Crippen LogP contribution in [0.1, 0.15) is 38.8 Å². The van der Waals surface area contributed by atoms with Gasteiger partial charge in [0.15, 0.2) is 0 Å². The predicted octanol–water partition coefficient (Wildman–Crippen LogP) is 5.06. The summed E-state index contributed by atoms with van der Waals surface area (Å²) < 4.78 is 5.24. The number of hydrazone groups is 1. The minimum absolute atomic E-state index is 0.0689. The van der Waals surface area contributed by atoms with Crippen molar-refractivity contribution in [2.75, 3.05) is 7.11 Å². The van der Waals surface area contributed by atoms with Crippen LogP contribution in [0.4, 0.5) is 0 Å². The summed E-state index contributed by atoms with van der Waals surface area (Å²) >= 11 is 1.66. The molecule has 0 radical (unpaired) electrons. The largest absolute Gasteiger partial charge is 0.497 e. The number of aryl methyl sites for hydroxylation is 1. The Balaban J connectivity index is 1.70. The van der Waals surface area contributed by atoms with Gasteiger partial charge in [-0.05, 0) is 60.3 Å². The summed E-state index contributed by atoms with van der Waals surface area (Å²) in [5, 5.41) is 8.40. The Morgan fingerprint density at radius 3 is 2.63 bits per heavy atom. The number of ether oxygens (including phenoxy) is 1. The maximum Gasteiger partial charge on any atom is 0.274 e. The Morgan fingerprint density at radius 1 is 1.15 bits per heavy atom. The van der Waals surface area contributed by atoms with Crippen molar-refractivity contribution in [1.29, 1.82) is 0 Å². The van der Waals surface area contributed by atoms with Gasteiger partial charge in [0.2, 0.25) is 0 Å². The van der Waals surface area contributed by atoms with E-state index in [-0.39, 0.29) is 11.9 Å². The molecule has 0 saturated heterocycles. The normalized spacial score (nSPS) is 16.3. The average Bonchev–Trinajstić information content (AvgIpc) is 3.37. The quantitative estimate of drug-likeness (QED) is 0.639. The zero-order valence-corrected chi connectivity index (χ0v) is 16.1. The fourth-order valence-electron chi connectivity index (χ4n) is 3.27. The van der Waals surface area contributed by atoms with Crippen LogP contribution in [0, 0.1) is 6.92 Å². The van der Waals surface area contributed by atoms with Crippen LogP contribution in [0.2, 0.25) is 0 Å². The van der Waals surface area contributed by atoms with Crippen LogP contribution in [-0.4, -0.2) is 23.7 Å². The SMILES string of the molecule is COc1ccc(C2=NN(C(=O)c3cccc(C)c3)[C@@H](c3cccs3)C2)cc1. The van der Waals surface area contributed by atoms with Crippen molar-refractivity contribution >= 4 is 23.0 Å². The predicted molar refractivity (Wildman–Crippen MR) is 109 cm³/mol. The molecule has 1 amide bonds. The highest BCUT2D eigenvalue weighted by Crippen LogP contribution is 2.36. The van der Waals surface area contributed by atoms with Gasteiger partial charge in [-0.1, -0.05) is 23.8 Å². The number of hydrogen-bond acceptors (Lipinski definition) is 4. The maximum atomic E-state index is 13.2. The Morgan fingerprint density at radius 2 is 1.96 bits per heavy atom. The molecule has 1 aliphatic rings. The first-order valence-electron chi connectivity index (χ1n) is 8.81. The van der Waals surface area contributed by atoms with Gasteiger partial charge in [-0.25, -0.2) is 5.01 Å². The molecule has 0 unspecified atom stereocenters. The van der Waals surface area contributed by atoms with Gasteiger partial charge in [0.05, 0.1) is 18.9 Å². The molecule has 136 valence electrons. The minimum Gasteiger partial charge on any atom is -0.497 e. The van der Waals surface area contributed by atoms with E-state index in [2.05, 4.69) is 6.07 Å². The van der Waals surface area contributed by atoms with E-state index in [0.717, 1.165) is 27.5 Å². The molecule has 0 saturated carbocycles. The van der Waals surface area contributed by atoms with Crippen molar-refractivity contribution in [3.63, 3.8) is 0 Å². The molecule has 0 bridgehead atoms. The summed E-state index contributed by atoms with van der Waals surface area (Å²) in [7, 11) is 1.65. The third-order valence-electron chi connectivity index (χ3n) is 4.68. The van der Waals surface area contributed by atoms with Crippen molar-refractivity contribution in [1.82, 2.24) is 5.01 Å². The van der Waals surface area contributed by atoms with E-state index < -0.39 is 0 Å². The highest BCUT2D eigenvalue weighted by molar-refractivity contribution is 7.10. The number of methoxy groups -OCH3 is 1. The van der Waals surface area contributed by atoms with Crippen LogP contribution in [0.15, 0.2) is 71.1 Å². The van der Waals surface area contributed by atoms with Gasteiger partial charge in [0.25, 0.3) is 5.91 Å². The summed E-state index contributed by atoms with van der Waals surface area (Å²) in [6.45, 7) is 1.99. The van der Waals surface area contributed by atoms with Crippen molar-refractivity contribution < 1.29 is 9.53 Å². The van der Waals surface area contributed by atoms with E-state index in [1.165, 1.54) is 0 Å². The van der Waals surface area contributed by atoms with Gasteiger partial charge in [-0.15, -0.1) is 11.3 Å². The van der Waals surface area contributed by atoms with E-state index in [9.17, 15) is 4.79 Å². The van der Waals surface area contributed by atoms with E-state index >= 15 is 0 Å². The number of hydrogen-bond donors (Lipinski definition) is 0. The zero-order valence-electron chi connectivity index (χ0n) is 15.3. The summed E-state index contributed by atoms with van der Waals surface area (Å²) in [6, 6.07) is 19.5. The monoisotopic (exact) mass is 376 g/mol. The molecule has 1 aromatic heterocycles. The third kappa shape index (κ3) is 3.51. The fraction of sp³-hybridized carbons (Fsp3) is 0.182. The lowest BCUT2D eigenvalue weighted by Crippen LogP contribution is -2.26. The van der Waals surface area contributed by atoms with Gasteiger partial charge in [0.1, 0.15) is 5.75 Å². The van der Waals surface area contributed by atoms with Crippen LogP contribution < -0.4 is 4.74 Å². The maximum absolute atomic E-state index is 13.2. The number of benzene rings is 2. The number of amides is 1. The highest BCUT2D eigenvalue weighted by Gasteiger charge is 2.34. The van der Waals surface area contributed by atoms with Crippen molar-refractivity contribution in [2.45, 2.75) is 19.4 Å². The van der Waals surface area contributed by atoms with E-state index in [1.54, 1.807) is 23.5 Å². The van der Waals surface area contributed by atoms with Crippen molar-refractivity contribution in [3.05, 3.63) is 87.6 Å². The zero-order chi connectivity index (χ0) is 18.8. The number of carbonyl (C=O) groups is 1. The topological polar surface area (TPSA) is 41.9 Å². The average molecular weight is 376 g/mol. The van der Waals surface area contributed by atoms with Gasteiger partial charge in [-0.3, -0.25) is 4.79 Å². The van der Waals surface area contributed by atoms with E-state index in [4.69, 9.17) is 9.84 Å². The second-order valence-electron chi connectivity index (χ2n) is 6.53. The first-order chi connectivity index (χ1) is 13.2. The van der Waals surface area contributed by atoms with E-state index in [1.807, 2.05) is 66.9 Å². The molecule has 27 heavy (non-hydrogen) atoms. The van der Waals surface area contributed by atoms with Gasteiger partial charge in [-0.2, -0.15) is 5.10 Å². The number of thiophene rings is 1. The highest BCUT2D eigenvalue weighted by atomic mass is 32.1. The molecule has 2 aromatic carbocycles. The van der Waals surface area contributed by atoms with Crippen LogP contribution >= 0.6 is 11.3 Å². The molecule has 0 spiro atoms. The van der Waals surface area contributed by atoms with Crippen LogP contribution in [0.25, 0.3) is 0 Å². The van der Waals surface area contributed by atoms with Gasteiger partial charge >= 0.3 is 0 Å². The van der Waals surface area contributed by atoms with Crippen LogP contribution in [0.5, 0.6) is 5.75 Å². The molecule has 5 heteroatoms. The number of rotatable bonds is 4. The molecule has 0 N–H and O–H groups in total. The Bertz CT molecular complexity index is 978. The van der Waals surface area contributed by atoms with Gasteiger partial charge < -0.3 is 4.74 Å².